The molecule has 0 bridgehead atoms. The number of rotatable bonds is 1. The molecule has 0 radical (unpaired) electrons. The van der Waals surface area contributed by atoms with Crippen LogP contribution in [-0.4, -0.2) is 12.4 Å². The van der Waals surface area contributed by atoms with Crippen LogP contribution in [-0.2, 0) is 9.53 Å². The van der Waals surface area contributed by atoms with Crippen molar-refractivity contribution in [3.05, 3.63) is 11.5 Å². The minimum absolute atomic E-state index is 0. The molecule has 10 heavy (non-hydrogen) atoms. The van der Waals surface area contributed by atoms with E-state index in [0.717, 1.165) is 0 Å². The zero-order valence-electron chi connectivity index (χ0n) is 6.14. The van der Waals surface area contributed by atoms with Crippen LogP contribution >= 0.6 is 0 Å². The van der Waals surface area contributed by atoms with Crippen LogP contribution in [0.25, 0.3) is 0 Å². The summed E-state index contributed by atoms with van der Waals surface area (Å²) in [6.45, 7) is 1.75. The maximum Gasteiger partial charge on any atom is 1.00 e. The second-order valence-corrected chi connectivity index (χ2v) is 1.92. The summed E-state index contributed by atoms with van der Waals surface area (Å²) in [6, 6.07) is 0. The van der Waals surface area contributed by atoms with Crippen molar-refractivity contribution in [1.29, 1.82) is 0 Å². The SMILES string of the molecule is CC(=O)C1=C([O-])OCC1.[Na+]. The molecule has 0 aromatic heterocycles. The summed E-state index contributed by atoms with van der Waals surface area (Å²) in [7, 11) is 0. The van der Waals surface area contributed by atoms with E-state index in [1.165, 1.54) is 6.92 Å². The predicted octanol–water partition coefficient (Wildman–Crippen LogP) is -3.43. The van der Waals surface area contributed by atoms with Crippen molar-refractivity contribution in [1.82, 2.24) is 0 Å². The van der Waals surface area contributed by atoms with Gasteiger partial charge in [-0.3, -0.25) is 4.79 Å². The van der Waals surface area contributed by atoms with Gasteiger partial charge in [-0.2, -0.15) is 0 Å². The van der Waals surface area contributed by atoms with E-state index in [4.69, 9.17) is 0 Å². The van der Waals surface area contributed by atoms with Crippen LogP contribution < -0.4 is 34.7 Å². The molecule has 1 aliphatic heterocycles. The molecule has 3 nitrogen and oxygen atoms in total. The Balaban J connectivity index is 0.000000810. The first-order valence-corrected chi connectivity index (χ1v) is 2.75. The Morgan fingerprint density at radius 3 is 2.50 bits per heavy atom. The summed E-state index contributed by atoms with van der Waals surface area (Å²) in [5.74, 6) is -0.611. The van der Waals surface area contributed by atoms with Crippen molar-refractivity contribution < 1.29 is 44.2 Å². The second kappa shape index (κ2) is 4.01. The number of hydrogen-bond donors (Lipinski definition) is 0. The van der Waals surface area contributed by atoms with Gasteiger partial charge in [-0.25, -0.2) is 0 Å². The van der Waals surface area contributed by atoms with E-state index in [2.05, 4.69) is 4.74 Å². The molecule has 0 aliphatic carbocycles. The van der Waals surface area contributed by atoms with Crippen LogP contribution in [0.15, 0.2) is 11.5 Å². The molecule has 0 atom stereocenters. The number of ketones is 1. The average Bonchev–Trinajstić information content (AvgIpc) is 2.13. The van der Waals surface area contributed by atoms with E-state index in [0.29, 0.717) is 18.6 Å². The maximum absolute atomic E-state index is 10.5. The van der Waals surface area contributed by atoms with Crippen molar-refractivity contribution in [2.75, 3.05) is 6.61 Å². The van der Waals surface area contributed by atoms with Gasteiger partial charge >= 0.3 is 29.6 Å². The second-order valence-electron chi connectivity index (χ2n) is 1.92. The summed E-state index contributed by atoms with van der Waals surface area (Å²) in [4.78, 5) is 10.5. The maximum atomic E-state index is 10.5. The monoisotopic (exact) mass is 150 g/mol. The zero-order valence-corrected chi connectivity index (χ0v) is 8.14. The van der Waals surface area contributed by atoms with Gasteiger partial charge in [0, 0.05) is 5.57 Å². The van der Waals surface area contributed by atoms with Crippen molar-refractivity contribution >= 4 is 5.78 Å². The van der Waals surface area contributed by atoms with Crippen LogP contribution in [0.4, 0.5) is 0 Å². The fourth-order valence-corrected chi connectivity index (χ4v) is 0.755. The van der Waals surface area contributed by atoms with E-state index >= 15 is 0 Å². The molecule has 1 aliphatic rings. The number of Topliss-reactive ketones (excluding diaryl/α,β-unsaturated/α-hetero) is 1. The Morgan fingerprint density at radius 2 is 2.30 bits per heavy atom. The van der Waals surface area contributed by atoms with Crippen LogP contribution in [0, 0.1) is 0 Å². The molecule has 1 rings (SSSR count). The van der Waals surface area contributed by atoms with Gasteiger partial charge in [0.1, 0.15) is 0 Å². The van der Waals surface area contributed by atoms with Crippen LogP contribution in [0.1, 0.15) is 13.3 Å². The van der Waals surface area contributed by atoms with E-state index < -0.39 is 5.95 Å². The van der Waals surface area contributed by atoms with Gasteiger partial charge in [-0.05, 0) is 20.0 Å². The smallest absolute Gasteiger partial charge is 0.613 e. The molecule has 0 unspecified atom stereocenters. The Labute approximate surface area is 81.4 Å². The fourth-order valence-electron chi connectivity index (χ4n) is 0.755. The molecule has 0 aromatic carbocycles. The van der Waals surface area contributed by atoms with E-state index in [1.807, 2.05) is 0 Å². The third kappa shape index (κ3) is 2.01. The van der Waals surface area contributed by atoms with E-state index in [9.17, 15) is 9.90 Å². The molecule has 0 saturated carbocycles. The average molecular weight is 150 g/mol. The van der Waals surface area contributed by atoms with Crippen molar-refractivity contribution in [3.8, 4) is 0 Å². The predicted molar refractivity (Wildman–Crippen MR) is 28.3 cm³/mol. The van der Waals surface area contributed by atoms with Crippen LogP contribution in [0.5, 0.6) is 0 Å². The minimum atomic E-state index is -0.442. The van der Waals surface area contributed by atoms with Crippen molar-refractivity contribution in [2.24, 2.45) is 0 Å². The van der Waals surface area contributed by atoms with Crippen molar-refractivity contribution in [3.63, 3.8) is 0 Å². The molecule has 0 fully saturated rings. The first-order valence-electron chi connectivity index (χ1n) is 2.75. The Bertz CT molecular complexity index is 174. The van der Waals surface area contributed by atoms with Gasteiger partial charge in [-0.15, -0.1) is 0 Å². The summed E-state index contributed by atoms with van der Waals surface area (Å²) in [5, 5.41) is 10.5. The quantitative estimate of drug-likeness (QED) is 0.365. The van der Waals surface area contributed by atoms with Gasteiger partial charge in [0.05, 0.1) is 5.95 Å². The molecule has 1 heterocycles. The molecule has 0 amide bonds. The summed E-state index contributed by atoms with van der Waals surface area (Å²) >= 11 is 0. The molecule has 0 aromatic rings. The summed E-state index contributed by atoms with van der Waals surface area (Å²) < 4.78 is 4.53. The molecule has 0 spiro atoms. The number of carbonyl (C=O) groups excluding carboxylic acids is 1. The summed E-state index contributed by atoms with van der Waals surface area (Å²) in [5.41, 5.74) is 0.301. The zero-order chi connectivity index (χ0) is 6.85. The molecular formula is C6H7NaO3. The largest absolute Gasteiger partial charge is 1.00 e. The fraction of sp³-hybridized carbons (Fsp3) is 0.500. The molecule has 50 valence electrons. The minimum Gasteiger partial charge on any atom is -0.613 e. The first-order chi connectivity index (χ1) is 4.22. The van der Waals surface area contributed by atoms with Gasteiger partial charge in [0.2, 0.25) is 0 Å². The standard InChI is InChI=1S/C6H8O3.Na/c1-4(7)5-2-3-9-6(5)8;/h8H,2-3H2,1H3;/q;+1/p-1. The number of carbonyl (C=O) groups is 1. The molecular weight excluding hydrogens is 143 g/mol. The summed E-state index contributed by atoms with van der Waals surface area (Å²) in [6.07, 6.45) is 0.480. The molecule has 0 N–H and O–H groups in total. The van der Waals surface area contributed by atoms with E-state index in [-0.39, 0.29) is 35.3 Å². The van der Waals surface area contributed by atoms with Crippen molar-refractivity contribution in [2.45, 2.75) is 13.3 Å². The van der Waals surface area contributed by atoms with Crippen LogP contribution in [0.2, 0.25) is 0 Å². The Hall–Kier alpha value is 0.0100. The van der Waals surface area contributed by atoms with Crippen LogP contribution in [0.3, 0.4) is 0 Å². The Morgan fingerprint density at radius 1 is 1.70 bits per heavy atom. The normalized spacial score (nSPS) is 16.1. The van der Waals surface area contributed by atoms with Gasteiger partial charge in [0.25, 0.3) is 0 Å². The third-order valence-electron chi connectivity index (χ3n) is 1.26. The number of ether oxygens (including phenoxy) is 1. The number of hydrogen-bond acceptors (Lipinski definition) is 3. The Kier molecular flexibility index (Phi) is 4.01. The van der Waals surface area contributed by atoms with Gasteiger partial charge < -0.3 is 9.84 Å². The first kappa shape index (κ1) is 10.0. The third-order valence-corrected chi connectivity index (χ3v) is 1.26. The molecule has 0 saturated heterocycles. The van der Waals surface area contributed by atoms with E-state index in [1.54, 1.807) is 0 Å². The van der Waals surface area contributed by atoms with Gasteiger partial charge in [-0.1, -0.05) is 0 Å². The molecule has 4 heteroatoms. The topological polar surface area (TPSA) is 49.4 Å². The van der Waals surface area contributed by atoms with Gasteiger partial charge in [0.15, 0.2) is 5.78 Å².